The highest BCUT2D eigenvalue weighted by Gasteiger charge is 2.29. The first-order chi connectivity index (χ1) is 6.07. The first-order valence-electron chi connectivity index (χ1n) is 3.91. The van der Waals surface area contributed by atoms with Crippen LogP contribution in [0.3, 0.4) is 0 Å². The van der Waals surface area contributed by atoms with Crippen molar-refractivity contribution in [3.05, 3.63) is 12.2 Å². The van der Waals surface area contributed by atoms with Crippen LogP contribution in [-0.2, 0) is 14.4 Å². The zero-order valence-electron chi connectivity index (χ0n) is 7.19. The normalized spacial score (nSPS) is 19.7. The predicted octanol–water partition coefficient (Wildman–Crippen LogP) is -1.01. The fourth-order valence-corrected chi connectivity index (χ4v) is 0.830. The Labute approximate surface area is 72.0 Å². The summed E-state index contributed by atoms with van der Waals surface area (Å²) in [6, 6.07) is 0. The summed E-state index contributed by atoms with van der Waals surface area (Å²) < 4.78 is 6.74. The molecule has 1 aliphatic heterocycles. The van der Waals surface area contributed by atoms with Crippen LogP contribution >= 0.6 is 0 Å². The molecule has 2 radical (unpaired) electrons. The fraction of sp³-hybridized carbons (Fsp3) is 0.286. The first kappa shape index (κ1) is 7.27. The molecule has 1 rings (SSSR count). The minimum absolute atomic E-state index is 0.543. The van der Waals surface area contributed by atoms with Gasteiger partial charge in [-0.05, 0) is 6.90 Å². The zero-order chi connectivity index (χ0) is 10.0. The van der Waals surface area contributed by atoms with Crippen molar-refractivity contribution in [1.29, 1.82) is 0 Å². The van der Waals surface area contributed by atoms with Gasteiger partial charge in [0.15, 0.2) is 0 Å². The van der Waals surface area contributed by atoms with E-state index in [-0.39, 0.29) is 0 Å². The molecule has 0 aromatic carbocycles. The number of rotatable bonds is 2. The maximum absolute atomic E-state index is 11.0. The van der Waals surface area contributed by atoms with E-state index in [0.29, 0.717) is 4.90 Å². The SMILES string of the molecule is [2H]CC(=O)C([B])N1C(=O)C=CC1=O. The number of amides is 2. The van der Waals surface area contributed by atoms with E-state index in [2.05, 4.69) is 0 Å². The molecule has 0 aromatic heterocycles. The van der Waals surface area contributed by atoms with Crippen LogP contribution in [0.25, 0.3) is 0 Å². The molecule has 60 valence electrons. The van der Waals surface area contributed by atoms with Gasteiger partial charge in [-0.1, -0.05) is 0 Å². The highest BCUT2D eigenvalue weighted by molar-refractivity contribution is 6.29. The van der Waals surface area contributed by atoms with Crippen LogP contribution in [0, 0.1) is 0 Å². The lowest BCUT2D eigenvalue weighted by Crippen LogP contribution is -2.44. The van der Waals surface area contributed by atoms with Gasteiger partial charge in [0.1, 0.15) is 13.6 Å². The van der Waals surface area contributed by atoms with Crippen LogP contribution < -0.4 is 0 Å². The van der Waals surface area contributed by atoms with Gasteiger partial charge in [-0.15, -0.1) is 0 Å². The second kappa shape index (κ2) is 2.93. The van der Waals surface area contributed by atoms with E-state index in [9.17, 15) is 14.4 Å². The van der Waals surface area contributed by atoms with Crippen molar-refractivity contribution in [3.8, 4) is 0 Å². The number of ketones is 1. The maximum atomic E-state index is 11.0. The Kier molecular flexibility index (Phi) is 1.77. The Hall–Kier alpha value is -1.39. The van der Waals surface area contributed by atoms with E-state index < -0.39 is 30.4 Å². The molecule has 0 N–H and O–H groups in total. The summed E-state index contributed by atoms with van der Waals surface area (Å²) in [5, 5.41) is 0. The lowest BCUT2D eigenvalue weighted by Gasteiger charge is -2.19. The molecular weight excluding hydrogens is 157 g/mol. The van der Waals surface area contributed by atoms with Crippen molar-refractivity contribution in [2.24, 2.45) is 0 Å². The van der Waals surface area contributed by atoms with Gasteiger partial charge in [0, 0.05) is 13.5 Å². The van der Waals surface area contributed by atoms with Gasteiger partial charge >= 0.3 is 0 Å². The molecule has 12 heavy (non-hydrogen) atoms. The molecule has 0 fully saturated rings. The summed E-state index contributed by atoms with van der Waals surface area (Å²) in [5.74, 6) is -3.21. The Morgan fingerprint density at radius 1 is 1.58 bits per heavy atom. The smallest absolute Gasteiger partial charge is 0.253 e. The Morgan fingerprint density at radius 3 is 2.50 bits per heavy atom. The monoisotopic (exact) mass is 164 g/mol. The van der Waals surface area contributed by atoms with Crippen LogP contribution in [0.1, 0.15) is 8.27 Å². The van der Waals surface area contributed by atoms with Gasteiger partial charge < -0.3 is 0 Å². The molecule has 0 aromatic rings. The van der Waals surface area contributed by atoms with Gasteiger partial charge in [0.25, 0.3) is 11.8 Å². The molecule has 0 bridgehead atoms. The second-order valence-electron chi connectivity index (χ2n) is 2.29. The lowest BCUT2D eigenvalue weighted by molar-refractivity contribution is -0.141. The van der Waals surface area contributed by atoms with Gasteiger partial charge in [0.2, 0.25) is 0 Å². The highest BCUT2D eigenvalue weighted by Crippen LogP contribution is 2.07. The topological polar surface area (TPSA) is 54.5 Å². The molecule has 0 saturated heterocycles. The zero-order valence-corrected chi connectivity index (χ0v) is 6.19. The lowest BCUT2D eigenvalue weighted by atomic mass is 9.91. The molecule has 1 aliphatic rings. The fourth-order valence-electron chi connectivity index (χ4n) is 0.830. The van der Waals surface area contributed by atoms with Gasteiger partial charge in [0.05, 0.1) is 5.94 Å². The number of hydrogen-bond donors (Lipinski definition) is 0. The van der Waals surface area contributed by atoms with Crippen molar-refractivity contribution < 1.29 is 15.8 Å². The summed E-state index contributed by atoms with van der Waals surface area (Å²) in [5.41, 5.74) is 0. The van der Waals surface area contributed by atoms with Crippen LogP contribution in [0.5, 0.6) is 0 Å². The number of nitrogens with zero attached hydrogens (tertiary/aromatic N) is 1. The Morgan fingerprint density at radius 2 is 2.08 bits per heavy atom. The second-order valence-corrected chi connectivity index (χ2v) is 2.29. The molecule has 5 heteroatoms. The Bertz CT molecular complexity index is 284. The van der Waals surface area contributed by atoms with E-state index in [4.69, 9.17) is 9.22 Å². The van der Waals surface area contributed by atoms with E-state index in [1.54, 1.807) is 0 Å². The molecule has 0 saturated carbocycles. The molecule has 1 heterocycles. The third kappa shape index (κ3) is 1.30. The van der Waals surface area contributed by atoms with E-state index >= 15 is 0 Å². The third-order valence-electron chi connectivity index (χ3n) is 1.45. The average molecular weight is 164 g/mol. The minimum atomic E-state index is -1.33. The average Bonchev–Trinajstić information content (AvgIpc) is 2.44. The summed E-state index contributed by atoms with van der Waals surface area (Å²) in [7, 11) is 5.29. The minimum Gasteiger partial charge on any atom is -0.299 e. The summed E-state index contributed by atoms with van der Waals surface area (Å²) in [6.07, 6.45) is 2.08. The third-order valence-corrected chi connectivity index (χ3v) is 1.45. The number of Topliss-reactive ketones (excluding diaryl/α,β-unsaturated/α-hetero) is 1. The number of carbonyl (C=O) groups is 3. The molecule has 2 amide bonds. The van der Waals surface area contributed by atoms with Crippen LogP contribution in [0.2, 0.25) is 0 Å². The molecular formula is C7H6BNO3. The highest BCUT2D eigenvalue weighted by atomic mass is 16.2. The van der Waals surface area contributed by atoms with Crippen LogP contribution in [0.15, 0.2) is 12.2 Å². The standard InChI is InChI=1S/C7H6BNO3/c1-4(10)7(8)9-5(11)2-3-6(9)12/h2-3,7H,1H3/i1D. The summed E-state index contributed by atoms with van der Waals surface area (Å²) in [4.78, 5) is 33.5. The van der Waals surface area contributed by atoms with Gasteiger partial charge in [-0.25, -0.2) is 0 Å². The largest absolute Gasteiger partial charge is 0.299 e. The molecule has 1 unspecified atom stereocenters. The first-order valence-corrected chi connectivity index (χ1v) is 3.20. The Balaban J connectivity index is 2.78. The molecule has 4 nitrogen and oxygen atoms in total. The molecule has 1 atom stereocenters. The predicted molar refractivity (Wildman–Crippen MR) is 41.2 cm³/mol. The number of imide groups is 1. The van der Waals surface area contributed by atoms with Gasteiger partial charge in [-0.3, -0.25) is 19.3 Å². The van der Waals surface area contributed by atoms with Crippen molar-refractivity contribution in [2.75, 3.05) is 0 Å². The van der Waals surface area contributed by atoms with Crippen LogP contribution in [0.4, 0.5) is 0 Å². The van der Waals surface area contributed by atoms with Gasteiger partial charge in [-0.2, -0.15) is 0 Å². The molecule has 0 aliphatic carbocycles. The maximum Gasteiger partial charge on any atom is 0.253 e. The number of hydrogen-bond acceptors (Lipinski definition) is 3. The van der Waals surface area contributed by atoms with E-state index in [0.717, 1.165) is 12.2 Å². The number of carbonyl (C=O) groups excluding carboxylic acids is 3. The summed E-state index contributed by atoms with van der Waals surface area (Å²) in [6.45, 7) is -0.543. The van der Waals surface area contributed by atoms with E-state index in [1.165, 1.54) is 0 Å². The van der Waals surface area contributed by atoms with E-state index in [1.807, 2.05) is 0 Å². The van der Waals surface area contributed by atoms with Crippen molar-refractivity contribution in [1.82, 2.24) is 4.90 Å². The van der Waals surface area contributed by atoms with Crippen molar-refractivity contribution in [3.63, 3.8) is 0 Å². The quantitative estimate of drug-likeness (QED) is 0.388. The van der Waals surface area contributed by atoms with Crippen molar-refractivity contribution in [2.45, 2.75) is 12.8 Å². The van der Waals surface area contributed by atoms with Crippen molar-refractivity contribution >= 4 is 25.4 Å². The molecule has 0 spiro atoms. The van der Waals surface area contributed by atoms with Crippen LogP contribution in [-0.4, -0.2) is 36.3 Å². The summed E-state index contributed by atoms with van der Waals surface area (Å²) >= 11 is 0.